The van der Waals surface area contributed by atoms with E-state index in [1.165, 1.54) is 7.11 Å². The standard InChI is InChI=1S/C18H26N2O3/c1-12(13-5-7-14(8-6-13)17(22)23-4)20-16(21)15-11-18(2,3)9-10-19-15/h5-8,12,15,19H,9-11H2,1-4H3,(H,20,21)/t12-,15?/m0/s1. The van der Waals surface area contributed by atoms with Crippen molar-refractivity contribution in [2.24, 2.45) is 5.41 Å². The molecular formula is C18H26N2O3. The molecule has 0 aliphatic carbocycles. The summed E-state index contributed by atoms with van der Waals surface area (Å²) in [6, 6.07) is 6.86. The molecule has 1 aromatic rings. The van der Waals surface area contributed by atoms with Crippen LogP contribution >= 0.6 is 0 Å². The number of benzene rings is 1. The van der Waals surface area contributed by atoms with Gasteiger partial charge in [0.1, 0.15) is 0 Å². The van der Waals surface area contributed by atoms with E-state index in [0.717, 1.165) is 24.9 Å². The highest BCUT2D eigenvalue weighted by Crippen LogP contribution is 2.29. The Labute approximate surface area is 137 Å². The number of carbonyl (C=O) groups excluding carboxylic acids is 2. The Morgan fingerprint density at radius 1 is 1.30 bits per heavy atom. The smallest absolute Gasteiger partial charge is 0.337 e. The zero-order valence-electron chi connectivity index (χ0n) is 14.3. The topological polar surface area (TPSA) is 67.4 Å². The number of hydrogen-bond donors (Lipinski definition) is 2. The van der Waals surface area contributed by atoms with Gasteiger partial charge in [-0.1, -0.05) is 26.0 Å². The number of rotatable bonds is 4. The van der Waals surface area contributed by atoms with Crippen molar-refractivity contribution in [1.82, 2.24) is 10.6 Å². The van der Waals surface area contributed by atoms with Crippen molar-refractivity contribution in [2.45, 2.75) is 45.7 Å². The number of nitrogens with one attached hydrogen (secondary N) is 2. The Hall–Kier alpha value is -1.88. The van der Waals surface area contributed by atoms with Gasteiger partial charge in [0.25, 0.3) is 0 Å². The predicted octanol–water partition coefficient (Wildman–Crippen LogP) is 2.43. The number of carbonyl (C=O) groups is 2. The van der Waals surface area contributed by atoms with Gasteiger partial charge >= 0.3 is 5.97 Å². The molecule has 1 heterocycles. The highest BCUT2D eigenvalue weighted by atomic mass is 16.5. The van der Waals surface area contributed by atoms with Gasteiger partial charge in [-0.15, -0.1) is 0 Å². The van der Waals surface area contributed by atoms with Crippen molar-refractivity contribution in [1.29, 1.82) is 0 Å². The largest absolute Gasteiger partial charge is 0.465 e. The zero-order chi connectivity index (χ0) is 17.0. The summed E-state index contributed by atoms with van der Waals surface area (Å²) in [4.78, 5) is 23.9. The Morgan fingerprint density at radius 2 is 1.96 bits per heavy atom. The van der Waals surface area contributed by atoms with Crippen molar-refractivity contribution in [3.05, 3.63) is 35.4 Å². The molecule has 23 heavy (non-hydrogen) atoms. The summed E-state index contributed by atoms with van der Waals surface area (Å²) in [5, 5.41) is 6.34. The van der Waals surface area contributed by atoms with Gasteiger partial charge in [0.2, 0.25) is 5.91 Å². The van der Waals surface area contributed by atoms with E-state index in [0.29, 0.717) is 5.56 Å². The second-order valence-corrected chi connectivity index (χ2v) is 6.97. The summed E-state index contributed by atoms with van der Waals surface area (Å²) < 4.78 is 4.68. The molecule has 1 fully saturated rings. The third kappa shape index (κ3) is 4.55. The van der Waals surface area contributed by atoms with Gasteiger partial charge in [-0.05, 0) is 49.4 Å². The molecule has 1 unspecified atom stereocenters. The lowest BCUT2D eigenvalue weighted by Crippen LogP contribution is -2.51. The van der Waals surface area contributed by atoms with E-state index in [4.69, 9.17) is 0 Å². The van der Waals surface area contributed by atoms with Crippen molar-refractivity contribution < 1.29 is 14.3 Å². The normalized spacial score (nSPS) is 21.3. The van der Waals surface area contributed by atoms with Crippen molar-refractivity contribution in [2.75, 3.05) is 13.7 Å². The zero-order valence-corrected chi connectivity index (χ0v) is 14.3. The van der Waals surface area contributed by atoms with Crippen LogP contribution < -0.4 is 10.6 Å². The van der Waals surface area contributed by atoms with Crippen molar-refractivity contribution >= 4 is 11.9 Å². The predicted molar refractivity (Wildman–Crippen MR) is 89.1 cm³/mol. The van der Waals surface area contributed by atoms with E-state index in [1.807, 2.05) is 19.1 Å². The average Bonchev–Trinajstić information content (AvgIpc) is 2.53. The molecule has 0 spiro atoms. The van der Waals surface area contributed by atoms with E-state index in [2.05, 4.69) is 29.2 Å². The molecule has 1 aromatic carbocycles. The SMILES string of the molecule is COC(=O)c1ccc([C@H](C)NC(=O)C2CC(C)(C)CCN2)cc1. The summed E-state index contributed by atoms with van der Waals surface area (Å²) in [5.74, 6) is -0.329. The fraction of sp³-hybridized carbons (Fsp3) is 0.556. The molecule has 1 aliphatic heterocycles. The van der Waals surface area contributed by atoms with Crippen LogP contribution in [0, 0.1) is 5.41 Å². The van der Waals surface area contributed by atoms with Gasteiger partial charge in [0.05, 0.1) is 24.8 Å². The molecule has 126 valence electrons. The summed E-state index contributed by atoms with van der Waals surface area (Å²) in [6.07, 6.45) is 1.92. The quantitative estimate of drug-likeness (QED) is 0.837. The van der Waals surface area contributed by atoms with Crippen molar-refractivity contribution in [3.8, 4) is 0 Å². The van der Waals surface area contributed by atoms with Crippen LogP contribution in [-0.2, 0) is 9.53 Å². The second-order valence-electron chi connectivity index (χ2n) is 6.97. The fourth-order valence-corrected chi connectivity index (χ4v) is 2.92. The summed E-state index contributed by atoms with van der Waals surface area (Å²) >= 11 is 0. The molecule has 5 nitrogen and oxygen atoms in total. The average molecular weight is 318 g/mol. The van der Waals surface area contributed by atoms with Crippen LogP contribution in [0.2, 0.25) is 0 Å². The second kappa shape index (κ2) is 7.13. The number of ether oxygens (including phenoxy) is 1. The van der Waals surface area contributed by atoms with Crippen LogP contribution in [0.1, 0.15) is 55.6 Å². The van der Waals surface area contributed by atoms with E-state index in [1.54, 1.807) is 12.1 Å². The molecule has 0 aromatic heterocycles. The van der Waals surface area contributed by atoms with Crippen LogP contribution in [0.15, 0.2) is 24.3 Å². The molecule has 1 aliphatic rings. The molecule has 2 N–H and O–H groups in total. The summed E-state index contributed by atoms with van der Waals surface area (Å²) in [7, 11) is 1.36. The van der Waals surface area contributed by atoms with Crippen LogP contribution in [0.25, 0.3) is 0 Å². The Balaban J connectivity index is 1.97. The first-order valence-electron chi connectivity index (χ1n) is 8.04. The van der Waals surface area contributed by atoms with E-state index >= 15 is 0 Å². The van der Waals surface area contributed by atoms with Gasteiger partial charge in [-0.25, -0.2) is 4.79 Å². The number of amides is 1. The van der Waals surface area contributed by atoms with Crippen LogP contribution in [0.3, 0.4) is 0 Å². The number of esters is 1. The molecule has 0 radical (unpaired) electrons. The number of hydrogen-bond acceptors (Lipinski definition) is 4. The van der Waals surface area contributed by atoms with Gasteiger partial charge in [0, 0.05) is 0 Å². The maximum atomic E-state index is 12.4. The highest BCUT2D eigenvalue weighted by Gasteiger charge is 2.32. The lowest BCUT2D eigenvalue weighted by Gasteiger charge is -2.35. The third-order valence-electron chi connectivity index (χ3n) is 4.46. The molecule has 1 saturated heterocycles. The molecule has 0 bridgehead atoms. The fourth-order valence-electron chi connectivity index (χ4n) is 2.92. The molecule has 5 heteroatoms. The molecule has 2 rings (SSSR count). The van der Waals surface area contributed by atoms with Crippen LogP contribution in [-0.4, -0.2) is 31.6 Å². The van der Waals surface area contributed by atoms with Gasteiger partial charge < -0.3 is 15.4 Å². The van der Waals surface area contributed by atoms with Crippen LogP contribution in [0.4, 0.5) is 0 Å². The minimum Gasteiger partial charge on any atom is -0.465 e. The first-order valence-corrected chi connectivity index (χ1v) is 8.04. The highest BCUT2D eigenvalue weighted by molar-refractivity contribution is 5.89. The lowest BCUT2D eigenvalue weighted by atomic mass is 9.79. The molecule has 2 atom stereocenters. The summed E-state index contributed by atoms with van der Waals surface area (Å²) in [5.41, 5.74) is 1.66. The van der Waals surface area contributed by atoms with E-state index < -0.39 is 0 Å². The van der Waals surface area contributed by atoms with Crippen molar-refractivity contribution in [3.63, 3.8) is 0 Å². The third-order valence-corrected chi connectivity index (χ3v) is 4.46. The first kappa shape index (κ1) is 17.5. The van der Waals surface area contributed by atoms with Crippen LogP contribution in [0.5, 0.6) is 0 Å². The molecule has 1 amide bonds. The Bertz CT molecular complexity index is 566. The number of methoxy groups -OCH3 is 1. The maximum Gasteiger partial charge on any atom is 0.337 e. The minimum atomic E-state index is -0.359. The van der Waals surface area contributed by atoms with E-state index in [9.17, 15) is 9.59 Å². The maximum absolute atomic E-state index is 12.4. The minimum absolute atomic E-state index is 0.0299. The van der Waals surface area contributed by atoms with E-state index in [-0.39, 0.29) is 29.4 Å². The monoisotopic (exact) mass is 318 g/mol. The first-order chi connectivity index (χ1) is 10.8. The van der Waals surface area contributed by atoms with Gasteiger partial charge in [-0.2, -0.15) is 0 Å². The summed E-state index contributed by atoms with van der Waals surface area (Å²) in [6.45, 7) is 7.21. The molecule has 0 saturated carbocycles. The van der Waals surface area contributed by atoms with Gasteiger partial charge in [0.15, 0.2) is 0 Å². The lowest BCUT2D eigenvalue weighted by molar-refractivity contribution is -0.125. The Kier molecular flexibility index (Phi) is 5.42. The Morgan fingerprint density at radius 3 is 2.52 bits per heavy atom. The number of piperidine rings is 1. The molecular weight excluding hydrogens is 292 g/mol. The van der Waals surface area contributed by atoms with Gasteiger partial charge in [-0.3, -0.25) is 4.79 Å².